The fourth-order valence-electron chi connectivity index (χ4n) is 2.67. The average molecular weight is 316 g/mol. The number of likely N-dealkylation sites (tertiary alicyclic amines) is 1. The first-order valence-electron chi connectivity index (χ1n) is 7.53. The molecule has 3 heterocycles. The van der Waals surface area contributed by atoms with Gasteiger partial charge in [0.1, 0.15) is 0 Å². The van der Waals surface area contributed by atoms with Crippen LogP contribution in [0, 0.1) is 13.8 Å². The number of amides is 2. The van der Waals surface area contributed by atoms with Gasteiger partial charge in [0.25, 0.3) is 0 Å². The molecule has 1 fully saturated rings. The number of rotatable bonds is 2. The second-order valence-electron chi connectivity index (χ2n) is 5.64. The minimum atomic E-state index is -0.0408. The first-order chi connectivity index (χ1) is 10.6. The van der Waals surface area contributed by atoms with Gasteiger partial charge in [0.2, 0.25) is 0 Å². The van der Waals surface area contributed by atoms with Crippen molar-refractivity contribution in [1.29, 1.82) is 0 Å². The van der Waals surface area contributed by atoms with Crippen LogP contribution in [0.15, 0.2) is 24.5 Å². The first-order valence-corrected chi connectivity index (χ1v) is 8.35. The number of hydrogen-bond donors (Lipinski definition) is 1. The van der Waals surface area contributed by atoms with Crippen molar-refractivity contribution in [2.45, 2.75) is 32.6 Å². The monoisotopic (exact) mass is 316 g/mol. The Bertz CT molecular complexity index is 636. The van der Waals surface area contributed by atoms with E-state index in [2.05, 4.69) is 22.2 Å². The number of carbonyl (C=O) groups excluding carboxylic acids is 1. The number of nitrogens with one attached hydrogen (secondary N) is 1. The van der Waals surface area contributed by atoms with Gasteiger partial charge in [-0.1, -0.05) is 0 Å². The third-order valence-corrected chi connectivity index (χ3v) is 5.27. The number of piperidine rings is 1. The molecule has 3 rings (SSSR count). The summed E-state index contributed by atoms with van der Waals surface area (Å²) in [6.07, 6.45) is 5.48. The van der Waals surface area contributed by atoms with E-state index < -0.39 is 0 Å². The summed E-state index contributed by atoms with van der Waals surface area (Å²) in [5.41, 5.74) is 1.89. The van der Waals surface area contributed by atoms with E-state index >= 15 is 0 Å². The van der Waals surface area contributed by atoms with Gasteiger partial charge in [-0.05, 0) is 38.8 Å². The van der Waals surface area contributed by atoms with E-state index in [-0.39, 0.29) is 6.03 Å². The van der Waals surface area contributed by atoms with E-state index in [4.69, 9.17) is 0 Å². The highest BCUT2D eigenvalue weighted by Crippen LogP contribution is 2.31. The minimum Gasteiger partial charge on any atom is -0.324 e. The van der Waals surface area contributed by atoms with Crippen molar-refractivity contribution in [3.05, 3.63) is 40.1 Å². The third kappa shape index (κ3) is 3.27. The van der Waals surface area contributed by atoms with E-state index in [0.717, 1.165) is 42.3 Å². The second-order valence-corrected chi connectivity index (χ2v) is 6.88. The van der Waals surface area contributed by atoms with Crippen molar-refractivity contribution in [3.8, 4) is 0 Å². The number of anilines is 1. The van der Waals surface area contributed by atoms with Gasteiger partial charge in [-0.3, -0.25) is 4.98 Å². The van der Waals surface area contributed by atoms with Crippen molar-refractivity contribution in [2.24, 2.45) is 0 Å². The zero-order valence-corrected chi connectivity index (χ0v) is 13.7. The van der Waals surface area contributed by atoms with Crippen molar-refractivity contribution >= 4 is 23.1 Å². The lowest BCUT2D eigenvalue weighted by Crippen LogP contribution is -2.41. The number of thiazole rings is 1. The molecule has 1 saturated heterocycles. The Morgan fingerprint density at radius 1 is 1.36 bits per heavy atom. The number of nitrogens with zero attached hydrogens (tertiary/aromatic N) is 3. The highest BCUT2D eigenvalue weighted by Gasteiger charge is 2.27. The predicted molar refractivity (Wildman–Crippen MR) is 88.4 cm³/mol. The molecule has 6 heteroatoms. The van der Waals surface area contributed by atoms with Gasteiger partial charge in [-0.2, -0.15) is 0 Å². The smallest absolute Gasteiger partial charge is 0.321 e. The second kappa shape index (κ2) is 6.44. The highest BCUT2D eigenvalue weighted by molar-refractivity contribution is 7.11. The molecule has 0 bridgehead atoms. The van der Waals surface area contributed by atoms with Crippen LogP contribution < -0.4 is 5.32 Å². The quantitative estimate of drug-likeness (QED) is 0.921. The normalized spacial score (nSPS) is 18.3. The van der Waals surface area contributed by atoms with Gasteiger partial charge in [0.05, 0.1) is 10.7 Å². The zero-order valence-electron chi connectivity index (χ0n) is 12.9. The Labute approximate surface area is 134 Å². The Morgan fingerprint density at radius 3 is 2.82 bits per heavy atom. The molecule has 2 amide bonds. The van der Waals surface area contributed by atoms with Crippen LogP contribution in [-0.4, -0.2) is 34.0 Å². The van der Waals surface area contributed by atoms with Crippen LogP contribution in [0.1, 0.15) is 34.3 Å². The SMILES string of the molecule is Cc1nc(C2CCCN(C(=O)Nc3ccncc3)C2)sc1C. The van der Waals surface area contributed by atoms with Gasteiger partial charge in [0, 0.05) is 42.0 Å². The van der Waals surface area contributed by atoms with E-state index in [0.29, 0.717) is 5.92 Å². The van der Waals surface area contributed by atoms with Crippen molar-refractivity contribution < 1.29 is 4.79 Å². The lowest BCUT2D eigenvalue weighted by atomic mass is 9.99. The van der Waals surface area contributed by atoms with Crippen LogP contribution in [0.3, 0.4) is 0 Å². The summed E-state index contributed by atoms with van der Waals surface area (Å²) in [6.45, 7) is 5.69. The molecule has 22 heavy (non-hydrogen) atoms. The maximum atomic E-state index is 12.4. The van der Waals surface area contributed by atoms with Crippen molar-refractivity contribution in [1.82, 2.24) is 14.9 Å². The summed E-state index contributed by atoms with van der Waals surface area (Å²) in [4.78, 5) is 24.2. The van der Waals surface area contributed by atoms with Crippen molar-refractivity contribution in [3.63, 3.8) is 0 Å². The van der Waals surface area contributed by atoms with E-state index in [1.165, 1.54) is 4.88 Å². The molecule has 2 aromatic heterocycles. The topological polar surface area (TPSA) is 58.1 Å². The number of aryl methyl sites for hydroxylation is 2. The number of aromatic nitrogens is 2. The maximum Gasteiger partial charge on any atom is 0.321 e. The van der Waals surface area contributed by atoms with Gasteiger partial charge in [0.15, 0.2) is 0 Å². The Hall–Kier alpha value is -1.95. The molecule has 0 saturated carbocycles. The fraction of sp³-hybridized carbons (Fsp3) is 0.438. The fourth-order valence-corrected chi connectivity index (χ4v) is 3.72. The lowest BCUT2D eigenvalue weighted by molar-refractivity contribution is 0.192. The van der Waals surface area contributed by atoms with Crippen LogP contribution >= 0.6 is 11.3 Å². The Balaban J connectivity index is 1.66. The largest absolute Gasteiger partial charge is 0.324 e. The molecular formula is C16H20N4OS. The molecule has 0 spiro atoms. The maximum absolute atomic E-state index is 12.4. The minimum absolute atomic E-state index is 0.0408. The molecule has 0 aromatic carbocycles. The summed E-state index contributed by atoms with van der Waals surface area (Å²) >= 11 is 1.76. The Morgan fingerprint density at radius 2 is 2.14 bits per heavy atom. The number of hydrogen-bond acceptors (Lipinski definition) is 4. The van der Waals surface area contributed by atoms with Gasteiger partial charge < -0.3 is 10.2 Å². The van der Waals surface area contributed by atoms with Crippen LogP contribution in [0.2, 0.25) is 0 Å². The third-order valence-electron chi connectivity index (χ3n) is 4.03. The molecule has 0 aliphatic carbocycles. The number of carbonyl (C=O) groups is 1. The molecule has 1 N–H and O–H groups in total. The average Bonchev–Trinajstić information content (AvgIpc) is 2.88. The van der Waals surface area contributed by atoms with Gasteiger partial charge >= 0.3 is 6.03 Å². The van der Waals surface area contributed by atoms with Crippen LogP contribution in [-0.2, 0) is 0 Å². The number of pyridine rings is 1. The molecule has 5 nitrogen and oxygen atoms in total. The summed E-state index contributed by atoms with van der Waals surface area (Å²) in [5.74, 6) is 0.356. The van der Waals surface area contributed by atoms with Crippen LogP contribution in [0.5, 0.6) is 0 Å². The lowest BCUT2D eigenvalue weighted by Gasteiger charge is -2.31. The van der Waals surface area contributed by atoms with E-state index in [9.17, 15) is 4.79 Å². The molecule has 0 radical (unpaired) electrons. The first kappa shape index (κ1) is 15.0. The van der Waals surface area contributed by atoms with E-state index in [1.54, 1.807) is 35.9 Å². The predicted octanol–water partition coefficient (Wildman–Crippen LogP) is 3.57. The van der Waals surface area contributed by atoms with Crippen molar-refractivity contribution in [2.75, 3.05) is 18.4 Å². The summed E-state index contributed by atoms with van der Waals surface area (Å²) in [6, 6.07) is 3.56. The van der Waals surface area contributed by atoms with Gasteiger partial charge in [-0.25, -0.2) is 9.78 Å². The summed E-state index contributed by atoms with van der Waals surface area (Å²) in [7, 11) is 0. The van der Waals surface area contributed by atoms with E-state index in [1.807, 2.05) is 11.8 Å². The van der Waals surface area contributed by atoms with Crippen LogP contribution in [0.25, 0.3) is 0 Å². The highest BCUT2D eigenvalue weighted by atomic mass is 32.1. The molecule has 1 aliphatic rings. The molecule has 1 atom stereocenters. The molecular weight excluding hydrogens is 296 g/mol. The molecule has 1 aliphatic heterocycles. The summed E-state index contributed by atoms with van der Waals surface area (Å²) < 4.78 is 0. The van der Waals surface area contributed by atoms with Crippen LogP contribution in [0.4, 0.5) is 10.5 Å². The standard InChI is InChI=1S/C16H20N4OS/c1-11-12(2)22-15(18-11)13-4-3-9-20(10-13)16(21)19-14-5-7-17-8-6-14/h5-8,13H,3-4,9-10H2,1-2H3,(H,17,19,21). The zero-order chi connectivity index (χ0) is 15.5. The number of urea groups is 1. The Kier molecular flexibility index (Phi) is 4.38. The van der Waals surface area contributed by atoms with Gasteiger partial charge in [-0.15, -0.1) is 11.3 Å². The molecule has 116 valence electrons. The molecule has 2 aromatic rings. The summed E-state index contributed by atoms with van der Waals surface area (Å²) in [5, 5.41) is 4.09. The molecule has 1 unspecified atom stereocenters.